The molecule has 1 saturated heterocycles. The molecule has 0 saturated carbocycles. The molecule has 7 nitrogen and oxygen atoms in total. The van der Waals surface area contributed by atoms with Crippen LogP contribution in [0.5, 0.6) is 0 Å². The van der Waals surface area contributed by atoms with Crippen molar-refractivity contribution in [2.45, 2.75) is 13.0 Å². The molecule has 2 atom stereocenters. The van der Waals surface area contributed by atoms with Gasteiger partial charge in [0.25, 0.3) is 0 Å². The van der Waals surface area contributed by atoms with Crippen molar-refractivity contribution in [2.24, 2.45) is 11.7 Å². The molecule has 0 aliphatic carbocycles. The number of rotatable bonds is 6. The Hall–Kier alpha value is -1.96. The maximum Gasteiger partial charge on any atom is 0.248 e. The summed E-state index contributed by atoms with van der Waals surface area (Å²) in [7, 11) is 1.93. The molecule has 2 rings (SSSR count). The van der Waals surface area contributed by atoms with E-state index in [-0.39, 0.29) is 5.91 Å². The summed E-state index contributed by atoms with van der Waals surface area (Å²) in [6.07, 6.45) is 0. The van der Waals surface area contributed by atoms with E-state index < -0.39 is 5.91 Å². The van der Waals surface area contributed by atoms with E-state index in [0.29, 0.717) is 29.8 Å². The number of benzene rings is 1. The molecule has 1 aliphatic heterocycles. The highest BCUT2D eigenvalue weighted by atomic mass is 16.2. The highest BCUT2D eigenvalue weighted by Crippen LogP contribution is 2.10. The van der Waals surface area contributed by atoms with Gasteiger partial charge in [0.1, 0.15) is 0 Å². The Kier molecular flexibility index (Phi) is 5.48. The van der Waals surface area contributed by atoms with E-state index in [1.165, 1.54) is 0 Å². The van der Waals surface area contributed by atoms with Crippen molar-refractivity contribution < 1.29 is 9.59 Å². The number of hydrogen-bond acceptors (Lipinski definition) is 5. The van der Waals surface area contributed by atoms with E-state index in [1.54, 1.807) is 24.3 Å². The number of carbonyl (C=O) groups excluding carboxylic acids is 2. The summed E-state index contributed by atoms with van der Waals surface area (Å²) in [6, 6.07) is 6.93. The van der Waals surface area contributed by atoms with Crippen LogP contribution in [0.4, 0.5) is 5.69 Å². The zero-order chi connectivity index (χ0) is 16.1. The van der Waals surface area contributed by atoms with Crippen molar-refractivity contribution in [1.29, 1.82) is 0 Å². The number of carbonyl (C=O) groups is 2. The molecule has 2 amide bonds. The molecule has 2 unspecified atom stereocenters. The minimum absolute atomic E-state index is 0.0825. The Morgan fingerprint density at radius 1 is 1.36 bits per heavy atom. The number of anilines is 1. The fraction of sp³-hybridized carbons (Fsp3) is 0.467. The summed E-state index contributed by atoms with van der Waals surface area (Å²) in [4.78, 5) is 25.0. The molecule has 1 fully saturated rings. The monoisotopic (exact) mass is 305 g/mol. The van der Waals surface area contributed by atoms with Gasteiger partial charge in [-0.25, -0.2) is 0 Å². The first-order valence-electron chi connectivity index (χ1n) is 7.32. The van der Waals surface area contributed by atoms with Crippen LogP contribution in [0.1, 0.15) is 17.3 Å². The van der Waals surface area contributed by atoms with Crippen molar-refractivity contribution in [3.8, 4) is 0 Å². The standard InChI is InChI=1S/C15H23N5O2/c1-10-12(7-17-19-10)8-20(2)9-14(21)18-13-5-3-11(4-6-13)15(16)22/h3-6,10,12,17,19H,7-9H2,1-2H3,(H2,16,22)(H,18,21). The first-order valence-corrected chi connectivity index (χ1v) is 7.32. The third-order valence-electron chi connectivity index (χ3n) is 3.81. The highest BCUT2D eigenvalue weighted by Gasteiger charge is 2.24. The quantitative estimate of drug-likeness (QED) is 0.582. The number of nitrogens with one attached hydrogen (secondary N) is 3. The Bertz CT molecular complexity index is 531. The van der Waals surface area contributed by atoms with Gasteiger partial charge >= 0.3 is 0 Å². The number of hydrazine groups is 1. The van der Waals surface area contributed by atoms with E-state index in [4.69, 9.17) is 5.73 Å². The molecular weight excluding hydrogens is 282 g/mol. The number of hydrogen-bond donors (Lipinski definition) is 4. The second-order valence-electron chi connectivity index (χ2n) is 5.76. The lowest BCUT2D eigenvalue weighted by molar-refractivity contribution is -0.117. The Labute approximate surface area is 130 Å². The van der Waals surface area contributed by atoms with Gasteiger partial charge in [-0.2, -0.15) is 0 Å². The molecule has 7 heteroatoms. The van der Waals surface area contributed by atoms with Gasteiger partial charge in [-0.1, -0.05) is 0 Å². The van der Waals surface area contributed by atoms with E-state index in [2.05, 4.69) is 23.1 Å². The van der Waals surface area contributed by atoms with Crippen molar-refractivity contribution in [3.63, 3.8) is 0 Å². The smallest absolute Gasteiger partial charge is 0.248 e. The van der Waals surface area contributed by atoms with Gasteiger partial charge in [-0.15, -0.1) is 0 Å². The summed E-state index contributed by atoms with van der Waals surface area (Å²) in [6.45, 7) is 4.19. The molecule has 1 aromatic carbocycles. The van der Waals surface area contributed by atoms with Crippen LogP contribution in [-0.4, -0.2) is 49.4 Å². The van der Waals surface area contributed by atoms with Gasteiger partial charge in [0, 0.05) is 36.3 Å². The number of nitrogens with zero attached hydrogens (tertiary/aromatic N) is 1. The van der Waals surface area contributed by atoms with Gasteiger partial charge < -0.3 is 11.1 Å². The summed E-state index contributed by atoms with van der Waals surface area (Å²) >= 11 is 0. The zero-order valence-corrected chi connectivity index (χ0v) is 12.9. The van der Waals surface area contributed by atoms with Crippen molar-refractivity contribution in [1.82, 2.24) is 15.8 Å². The first-order chi connectivity index (χ1) is 10.5. The maximum absolute atomic E-state index is 12.0. The Morgan fingerprint density at radius 2 is 2.05 bits per heavy atom. The number of nitrogens with two attached hydrogens (primary N) is 1. The first kappa shape index (κ1) is 16.4. The van der Waals surface area contributed by atoms with Crippen molar-refractivity contribution in [2.75, 3.05) is 32.0 Å². The molecule has 1 heterocycles. The fourth-order valence-corrected chi connectivity index (χ4v) is 2.50. The largest absolute Gasteiger partial charge is 0.366 e. The van der Waals surface area contributed by atoms with Gasteiger partial charge in [-0.3, -0.25) is 25.3 Å². The molecule has 0 radical (unpaired) electrons. The van der Waals surface area contributed by atoms with Gasteiger partial charge in [0.15, 0.2) is 0 Å². The van der Waals surface area contributed by atoms with Crippen LogP contribution < -0.4 is 21.9 Å². The van der Waals surface area contributed by atoms with Crippen LogP contribution in [0.2, 0.25) is 0 Å². The SMILES string of the molecule is CC1NNCC1CN(C)CC(=O)Nc1ccc(C(N)=O)cc1. The van der Waals surface area contributed by atoms with Crippen molar-refractivity contribution in [3.05, 3.63) is 29.8 Å². The molecule has 1 aliphatic rings. The lowest BCUT2D eigenvalue weighted by Gasteiger charge is -2.22. The van der Waals surface area contributed by atoms with Crippen LogP contribution in [0.25, 0.3) is 0 Å². The van der Waals surface area contributed by atoms with Gasteiger partial charge in [-0.05, 0) is 38.2 Å². The minimum atomic E-state index is -0.481. The van der Waals surface area contributed by atoms with E-state index in [9.17, 15) is 9.59 Å². The molecule has 5 N–H and O–H groups in total. The topological polar surface area (TPSA) is 99.5 Å². The van der Waals surface area contributed by atoms with E-state index >= 15 is 0 Å². The van der Waals surface area contributed by atoms with Gasteiger partial charge in [0.05, 0.1) is 6.54 Å². The molecule has 0 bridgehead atoms. The second kappa shape index (κ2) is 7.35. The number of primary amides is 1. The van der Waals surface area contributed by atoms with Crippen molar-refractivity contribution >= 4 is 17.5 Å². The minimum Gasteiger partial charge on any atom is -0.366 e. The Morgan fingerprint density at radius 3 is 2.59 bits per heavy atom. The van der Waals surface area contributed by atoms with Gasteiger partial charge in [0.2, 0.25) is 11.8 Å². The van der Waals surface area contributed by atoms with Crippen LogP contribution in [0.3, 0.4) is 0 Å². The van der Waals surface area contributed by atoms with Crippen LogP contribution in [-0.2, 0) is 4.79 Å². The maximum atomic E-state index is 12.0. The van der Waals surface area contributed by atoms with Crippen LogP contribution in [0.15, 0.2) is 24.3 Å². The normalized spacial score (nSPS) is 21.0. The van der Waals surface area contributed by atoms with E-state index in [0.717, 1.165) is 13.1 Å². The molecule has 120 valence electrons. The van der Waals surface area contributed by atoms with Crippen LogP contribution >= 0.6 is 0 Å². The third kappa shape index (κ3) is 4.52. The lowest BCUT2D eigenvalue weighted by atomic mass is 10.0. The number of likely N-dealkylation sites (N-methyl/N-ethyl adjacent to an activating group) is 1. The summed E-state index contributed by atoms with van der Waals surface area (Å²) in [5.41, 5.74) is 12.5. The fourth-order valence-electron chi connectivity index (χ4n) is 2.50. The number of amides is 2. The predicted octanol–water partition coefficient (Wildman–Crippen LogP) is -0.232. The summed E-state index contributed by atoms with van der Waals surface area (Å²) < 4.78 is 0. The summed E-state index contributed by atoms with van der Waals surface area (Å²) in [5.74, 6) is -0.0842. The highest BCUT2D eigenvalue weighted by molar-refractivity contribution is 5.95. The zero-order valence-electron chi connectivity index (χ0n) is 12.9. The molecule has 0 aromatic heterocycles. The molecule has 1 aromatic rings. The molecule has 0 spiro atoms. The lowest BCUT2D eigenvalue weighted by Crippen LogP contribution is -2.37. The van der Waals surface area contributed by atoms with Crippen LogP contribution in [0, 0.1) is 5.92 Å². The average Bonchev–Trinajstić information content (AvgIpc) is 2.84. The third-order valence-corrected chi connectivity index (χ3v) is 3.81. The molecule has 22 heavy (non-hydrogen) atoms. The average molecular weight is 305 g/mol. The summed E-state index contributed by atoms with van der Waals surface area (Å²) in [5, 5.41) is 2.81. The molecular formula is C15H23N5O2. The van der Waals surface area contributed by atoms with E-state index in [1.807, 2.05) is 11.9 Å². The Balaban J connectivity index is 1.80. The predicted molar refractivity (Wildman–Crippen MR) is 85.2 cm³/mol. The second-order valence-corrected chi connectivity index (χ2v) is 5.76.